The van der Waals surface area contributed by atoms with Crippen molar-refractivity contribution in [3.63, 3.8) is 0 Å². The number of benzene rings is 2. The number of rotatable bonds is 1. The Bertz CT molecular complexity index is 1140. The third-order valence-corrected chi connectivity index (χ3v) is 7.03. The molecule has 0 bridgehead atoms. The van der Waals surface area contributed by atoms with Gasteiger partial charge in [-0.2, -0.15) is 0 Å². The molecule has 1 saturated carbocycles. The first-order valence-corrected chi connectivity index (χ1v) is 10.8. The fourth-order valence-electron chi connectivity index (χ4n) is 5.68. The van der Waals surface area contributed by atoms with Crippen molar-refractivity contribution in [2.45, 2.75) is 37.7 Å². The van der Waals surface area contributed by atoms with Gasteiger partial charge in [-0.25, -0.2) is 4.79 Å². The van der Waals surface area contributed by atoms with E-state index in [0.29, 0.717) is 17.1 Å². The smallest absolute Gasteiger partial charge is 0.339 e. The highest BCUT2D eigenvalue weighted by molar-refractivity contribution is 6.05. The molecule has 6 rings (SSSR count). The van der Waals surface area contributed by atoms with Crippen molar-refractivity contribution >= 4 is 11.8 Å². The van der Waals surface area contributed by atoms with Gasteiger partial charge in [0.25, 0.3) is 0 Å². The van der Waals surface area contributed by atoms with Crippen LogP contribution in [0.15, 0.2) is 72.0 Å². The lowest BCUT2D eigenvalue weighted by atomic mass is 9.66. The van der Waals surface area contributed by atoms with Gasteiger partial charge in [0, 0.05) is 11.1 Å². The van der Waals surface area contributed by atoms with Gasteiger partial charge in [-0.3, -0.25) is 4.79 Å². The Morgan fingerprint density at radius 3 is 2.40 bits per heavy atom. The van der Waals surface area contributed by atoms with Gasteiger partial charge in [-0.1, -0.05) is 61.7 Å². The molecule has 1 fully saturated rings. The van der Waals surface area contributed by atoms with Crippen LogP contribution in [0.1, 0.15) is 53.6 Å². The third kappa shape index (κ3) is 2.28. The van der Waals surface area contributed by atoms with E-state index in [4.69, 9.17) is 9.47 Å². The van der Waals surface area contributed by atoms with Crippen molar-refractivity contribution in [2.75, 3.05) is 0 Å². The van der Waals surface area contributed by atoms with Crippen LogP contribution in [0.5, 0.6) is 5.75 Å². The molecule has 0 radical (unpaired) electrons. The van der Waals surface area contributed by atoms with Gasteiger partial charge < -0.3 is 9.47 Å². The number of carbonyl (C=O) groups excluding carboxylic acids is 2. The second kappa shape index (κ2) is 6.43. The summed E-state index contributed by atoms with van der Waals surface area (Å²) in [6.45, 7) is 0. The maximum Gasteiger partial charge on any atom is 0.339 e. The molecule has 2 aliphatic carbocycles. The summed E-state index contributed by atoms with van der Waals surface area (Å²) in [5, 5.41) is 0. The van der Waals surface area contributed by atoms with Gasteiger partial charge in [0.15, 0.2) is 11.4 Å². The molecule has 0 aromatic heterocycles. The van der Waals surface area contributed by atoms with E-state index in [2.05, 4.69) is 0 Å². The largest absolute Gasteiger partial charge is 0.460 e. The van der Waals surface area contributed by atoms with Crippen LogP contribution in [0.25, 0.3) is 0 Å². The maximum absolute atomic E-state index is 14.0. The molecule has 2 aromatic rings. The van der Waals surface area contributed by atoms with Gasteiger partial charge in [0.05, 0.1) is 5.56 Å². The molecule has 2 aromatic carbocycles. The first kappa shape index (κ1) is 17.7. The fourth-order valence-corrected chi connectivity index (χ4v) is 5.68. The van der Waals surface area contributed by atoms with Gasteiger partial charge in [0.1, 0.15) is 17.4 Å². The first-order valence-electron chi connectivity index (χ1n) is 10.8. The first-order chi connectivity index (χ1) is 14.7. The Balaban J connectivity index is 1.57. The quantitative estimate of drug-likeness (QED) is 0.629. The predicted molar refractivity (Wildman–Crippen MR) is 111 cm³/mol. The molecule has 4 heteroatoms. The summed E-state index contributed by atoms with van der Waals surface area (Å²) in [5.41, 5.74) is 1.68. The average molecular weight is 398 g/mol. The molecule has 2 unspecified atom stereocenters. The predicted octanol–water partition coefficient (Wildman–Crippen LogP) is 5.08. The molecule has 2 heterocycles. The number of esters is 1. The minimum absolute atomic E-state index is 0.0263. The second-order valence-electron chi connectivity index (χ2n) is 8.59. The van der Waals surface area contributed by atoms with Crippen LogP contribution in [-0.4, -0.2) is 11.8 Å². The SMILES string of the molecule is O=C1OC2(c3ccccc3OC3=CC=C(C4CCCCC4)C(=O)C32)c2ccccc21. The zero-order chi connectivity index (χ0) is 20.3. The van der Waals surface area contributed by atoms with E-state index in [1.54, 1.807) is 6.07 Å². The van der Waals surface area contributed by atoms with Crippen LogP contribution in [-0.2, 0) is 15.1 Å². The second-order valence-corrected chi connectivity index (χ2v) is 8.59. The summed E-state index contributed by atoms with van der Waals surface area (Å²) < 4.78 is 12.3. The summed E-state index contributed by atoms with van der Waals surface area (Å²) in [7, 11) is 0. The molecular formula is C26H22O4. The summed E-state index contributed by atoms with van der Waals surface area (Å²) in [6, 6.07) is 15.0. The fraction of sp³-hybridized carbons (Fsp3) is 0.308. The highest BCUT2D eigenvalue weighted by atomic mass is 16.6. The third-order valence-electron chi connectivity index (χ3n) is 7.03. The Kier molecular flexibility index (Phi) is 3.79. The standard InChI is InChI=1S/C26H22O4/c27-24-17(16-8-2-1-3-9-16)14-15-22-23(24)26(20-12-6-7-13-21(20)29-22)19-11-5-4-10-18(19)25(28)30-26/h4-7,10-16,23H,1-3,8-9H2. The normalized spacial score (nSPS) is 27.4. The highest BCUT2D eigenvalue weighted by Gasteiger charge is 2.61. The molecule has 1 spiro atoms. The summed E-state index contributed by atoms with van der Waals surface area (Å²) >= 11 is 0. The van der Waals surface area contributed by atoms with Gasteiger partial charge in [-0.05, 0) is 42.5 Å². The van der Waals surface area contributed by atoms with Crippen molar-refractivity contribution in [3.8, 4) is 5.75 Å². The van der Waals surface area contributed by atoms with E-state index < -0.39 is 11.5 Å². The van der Waals surface area contributed by atoms with Crippen LogP contribution in [0.4, 0.5) is 0 Å². The average Bonchev–Trinajstić information content (AvgIpc) is 3.08. The van der Waals surface area contributed by atoms with Gasteiger partial charge in [-0.15, -0.1) is 0 Å². The van der Waals surface area contributed by atoms with E-state index in [0.717, 1.165) is 42.4 Å². The number of ketones is 1. The van der Waals surface area contributed by atoms with E-state index in [1.165, 1.54) is 6.42 Å². The zero-order valence-corrected chi connectivity index (χ0v) is 16.6. The number of para-hydroxylation sites is 1. The molecule has 2 aliphatic heterocycles. The number of hydrogen-bond donors (Lipinski definition) is 0. The lowest BCUT2D eigenvalue weighted by Gasteiger charge is -2.43. The Morgan fingerprint density at radius 1 is 0.833 bits per heavy atom. The minimum atomic E-state index is -1.18. The van der Waals surface area contributed by atoms with Crippen LogP contribution >= 0.6 is 0 Å². The van der Waals surface area contributed by atoms with E-state index in [1.807, 2.05) is 54.6 Å². The molecule has 0 saturated heterocycles. The van der Waals surface area contributed by atoms with Crippen molar-refractivity contribution in [3.05, 3.63) is 88.7 Å². The Labute approximate surface area is 175 Å². The zero-order valence-electron chi connectivity index (χ0n) is 16.6. The molecule has 0 N–H and O–H groups in total. The lowest BCUT2D eigenvalue weighted by molar-refractivity contribution is -0.127. The molecule has 0 amide bonds. The van der Waals surface area contributed by atoms with Crippen molar-refractivity contribution in [2.24, 2.45) is 11.8 Å². The van der Waals surface area contributed by atoms with Crippen LogP contribution in [0, 0.1) is 11.8 Å². The highest BCUT2D eigenvalue weighted by Crippen LogP contribution is 2.57. The Morgan fingerprint density at radius 2 is 1.57 bits per heavy atom. The topological polar surface area (TPSA) is 52.6 Å². The molecular weight excluding hydrogens is 376 g/mol. The number of hydrogen-bond acceptors (Lipinski definition) is 4. The number of carbonyl (C=O) groups is 2. The van der Waals surface area contributed by atoms with Crippen LogP contribution < -0.4 is 4.74 Å². The van der Waals surface area contributed by atoms with Crippen LogP contribution in [0.3, 0.4) is 0 Å². The molecule has 2 atom stereocenters. The monoisotopic (exact) mass is 398 g/mol. The molecule has 150 valence electrons. The number of fused-ring (bicyclic) bond motifs is 6. The molecule has 30 heavy (non-hydrogen) atoms. The van der Waals surface area contributed by atoms with Crippen molar-refractivity contribution < 1.29 is 19.1 Å². The van der Waals surface area contributed by atoms with E-state index >= 15 is 0 Å². The summed E-state index contributed by atoms with van der Waals surface area (Å²) in [5.74, 6) is 0.406. The van der Waals surface area contributed by atoms with Crippen molar-refractivity contribution in [1.29, 1.82) is 0 Å². The summed E-state index contributed by atoms with van der Waals surface area (Å²) in [4.78, 5) is 26.9. The minimum Gasteiger partial charge on any atom is -0.460 e. The van der Waals surface area contributed by atoms with Crippen molar-refractivity contribution in [1.82, 2.24) is 0 Å². The number of ether oxygens (including phenoxy) is 2. The van der Waals surface area contributed by atoms with E-state index in [-0.39, 0.29) is 17.7 Å². The van der Waals surface area contributed by atoms with Crippen LogP contribution in [0.2, 0.25) is 0 Å². The lowest BCUT2D eigenvalue weighted by Crippen LogP contribution is -2.48. The molecule has 4 nitrogen and oxygen atoms in total. The van der Waals surface area contributed by atoms with E-state index in [9.17, 15) is 9.59 Å². The maximum atomic E-state index is 14.0. The summed E-state index contributed by atoms with van der Waals surface area (Å²) in [6.07, 6.45) is 9.46. The van der Waals surface area contributed by atoms with Gasteiger partial charge >= 0.3 is 5.97 Å². The number of allylic oxidation sites excluding steroid dienone is 3. The van der Waals surface area contributed by atoms with Gasteiger partial charge in [0.2, 0.25) is 0 Å². The Hall–Kier alpha value is -3.14. The number of Topliss-reactive ketones (excluding diaryl/α,β-unsaturated/α-hetero) is 1. The molecule has 4 aliphatic rings.